The SMILES string of the molecule is CC(=O)C(CN)N1C(=O)C=CC1O. The van der Waals surface area contributed by atoms with Gasteiger partial charge in [-0.25, -0.2) is 0 Å². The molecule has 1 aliphatic rings. The molecule has 0 aromatic carbocycles. The zero-order chi connectivity index (χ0) is 10.0. The standard InChI is InChI=1S/C8H12N2O3/c1-5(11)6(4-9)10-7(12)2-3-8(10)13/h2-3,6-7,12H,4,9H2,1H3. The fourth-order valence-electron chi connectivity index (χ4n) is 1.29. The summed E-state index contributed by atoms with van der Waals surface area (Å²) in [6, 6.07) is -0.725. The number of rotatable bonds is 3. The molecule has 0 aliphatic carbocycles. The quantitative estimate of drug-likeness (QED) is 0.566. The monoisotopic (exact) mass is 184 g/mol. The molecule has 0 fully saturated rings. The summed E-state index contributed by atoms with van der Waals surface area (Å²) in [4.78, 5) is 23.3. The highest BCUT2D eigenvalue weighted by molar-refractivity contribution is 5.95. The van der Waals surface area contributed by atoms with Gasteiger partial charge in [-0.2, -0.15) is 0 Å². The molecule has 1 heterocycles. The van der Waals surface area contributed by atoms with Crippen molar-refractivity contribution in [3.63, 3.8) is 0 Å². The normalized spacial score (nSPS) is 23.8. The third-order valence-electron chi connectivity index (χ3n) is 1.98. The number of Topliss-reactive ketones (excluding diaryl/α,β-unsaturated/α-hetero) is 1. The molecule has 0 aromatic heterocycles. The summed E-state index contributed by atoms with van der Waals surface area (Å²) in [5.74, 6) is -0.600. The van der Waals surface area contributed by atoms with Crippen LogP contribution in [0.2, 0.25) is 0 Å². The molecular weight excluding hydrogens is 172 g/mol. The van der Waals surface area contributed by atoms with Crippen LogP contribution in [0.25, 0.3) is 0 Å². The highest BCUT2D eigenvalue weighted by Gasteiger charge is 2.32. The van der Waals surface area contributed by atoms with Gasteiger partial charge in [0.25, 0.3) is 0 Å². The zero-order valence-corrected chi connectivity index (χ0v) is 7.30. The molecular formula is C8H12N2O3. The second kappa shape index (κ2) is 3.68. The first-order valence-corrected chi connectivity index (χ1v) is 3.97. The number of hydrogen-bond donors (Lipinski definition) is 2. The minimum atomic E-state index is -1.02. The topological polar surface area (TPSA) is 83.6 Å². The highest BCUT2D eigenvalue weighted by atomic mass is 16.3. The molecule has 1 amide bonds. The van der Waals surface area contributed by atoms with E-state index in [1.54, 1.807) is 0 Å². The summed E-state index contributed by atoms with van der Waals surface area (Å²) in [6.45, 7) is 1.37. The van der Waals surface area contributed by atoms with Gasteiger partial charge < -0.3 is 10.8 Å². The summed E-state index contributed by atoms with van der Waals surface area (Å²) in [6.07, 6.45) is 1.54. The fourth-order valence-corrected chi connectivity index (χ4v) is 1.29. The average Bonchev–Trinajstić information content (AvgIpc) is 2.36. The summed E-state index contributed by atoms with van der Waals surface area (Å²) < 4.78 is 0. The maximum atomic E-state index is 11.2. The second-order valence-electron chi connectivity index (χ2n) is 2.88. The van der Waals surface area contributed by atoms with E-state index in [-0.39, 0.29) is 18.2 Å². The van der Waals surface area contributed by atoms with Gasteiger partial charge in [-0.15, -0.1) is 0 Å². The van der Waals surface area contributed by atoms with Crippen LogP contribution in [0.4, 0.5) is 0 Å². The number of carbonyl (C=O) groups excluding carboxylic acids is 2. The molecule has 0 bridgehead atoms. The Balaban J connectivity index is 2.80. The van der Waals surface area contributed by atoms with Crippen molar-refractivity contribution in [2.75, 3.05) is 6.54 Å². The Kier molecular flexibility index (Phi) is 2.79. The lowest BCUT2D eigenvalue weighted by Crippen LogP contribution is -2.50. The van der Waals surface area contributed by atoms with E-state index in [1.807, 2.05) is 0 Å². The maximum absolute atomic E-state index is 11.2. The molecule has 5 heteroatoms. The molecule has 2 atom stereocenters. The van der Waals surface area contributed by atoms with Crippen LogP contribution in [0.3, 0.4) is 0 Å². The van der Waals surface area contributed by atoms with Crippen LogP contribution in [0.1, 0.15) is 6.92 Å². The molecule has 0 saturated heterocycles. The van der Waals surface area contributed by atoms with Crippen molar-refractivity contribution in [2.24, 2.45) is 5.73 Å². The zero-order valence-electron chi connectivity index (χ0n) is 7.30. The first-order valence-electron chi connectivity index (χ1n) is 3.97. The molecule has 5 nitrogen and oxygen atoms in total. The van der Waals surface area contributed by atoms with Crippen molar-refractivity contribution >= 4 is 11.7 Å². The van der Waals surface area contributed by atoms with Crippen LogP contribution >= 0.6 is 0 Å². The first kappa shape index (κ1) is 9.88. The summed E-state index contributed by atoms with van der Waals surface area (Å²) >= 11 is 0. The molecule has 0 aromatic rings. The number of nitrogens with zero attached hydrogens (tertiary/aromatic N) is 1. The molecule has 0 saturated carbocycles. The Labute approximate surface area is 75.8 Å². The largest absolute Gasteiger partial charge is 0.370 e. The van der Waals surface area contributed by atoms with E-state index < -0.39 is 12.3 Å². The Hall–Kier alpha value is -1.20. The Morgan fingerprint density at radius 2 is 2.46 bits per heavy atom. The molecule has 1 rings (SSSR count). The Morgan fingerprint density at radius 3 is 2.77 bits per heavy atom. The van der Waals surface area contributed by atoms with Crippen LogP contribution < -0.4 is 5.73 Å². The van der Waals surface area contributed by atoms with Gasteiger partial charge >= 0.3 is 0 Å². The third-order valence-corrected chi connectivity index (χ3v) is 1.98. The number of hydrogen-bond acceptors (Lipinski definition) is 4. The second-order valence-corrected chi connectivity index (χ2v) is 2.88. The smallest absolute Gasteiger partial charge is 0.249 e. The summed E-state index contributed by atoms with van der Waals surface area (Å²) in [5.41, 5.74) is 5.32. The lowest BCUT2D eigenvalue weighted by Gasteiger charge is -2.27. The van der Waals surface area contributed by atoms with Crippen molar-refractivity contribution in [1.29, 1.82) is 0 Å². The number of aliphatic hydroxyl groups is 1. The fraction of sp³-hybridized carbons (Fsp3) is 0.500. The molecule has 13 heavy (non-hydrogen) atoms. The van der Waals surface area contributed by atoms with E-state index in [1.165, 1.54) is 19.1 Å². The third kappa shape index (κ3) is 1.76. The number of ketones is 1. The predicted molar refractivity (Wildman–Crippen MR) is 45.5 cm³/mol. The van der Waals surface area contributed by atoms with Gasteiger partial charge in [0.2, 0.25) is 5.91 Å². The van der Waals surface area contributed by atoms with Gasteiger partial charge in [-0.3, -0.25) is 14.5 Å². The molecule has 0 radical (unpaired) electrons. The van der Waals surface area contributed by atoms with Crippen LogP contribution in [0, 0.1) is 0 Å². The van der Waals surface area contributed by atoms with E-state index in [4.69, 9.17) is 5.73 Å². The maximum Gasteiger partial charge on any atom is 0.249 e. The van der Waals surface area contributed by atoms with E-state index in [9.17, 15) is 14.7 Å². The van der Waals surface area contributed by atoms with Crippen molar-refractivity contribution in [3.8, 4) is 0 Å². The first-order chi connectivity index (χ1) is 6.07. The van der Waals surface area contributed by atoms with Crippen molar-refractivity contribution in [2.45, 2.75) is 19.2 Å². The van der Waals surface area contributed by atoms with Crippen molar-refractivity contribution in [1.82, 2.24) is 4.90 Å². The molecule has 3 N–H and O–H groups in total. The van der Waals surface area contributed by atoms with Gasteiger partial charge in [0.1, 0.15) is 12.3 Å². The van der Waals surface area contributed by atoms with Crippen LogP contribution in [-0.2, 0) is 9.59 Å². The van der Waals surface area contributed by atoms with Crippen molar-refractivity contribution < 1.29 is 14.7 Å². The van der Waals surface area contributed by atoms with Crippen LogP contribution in [0.5, 0.6) is 0 Å². The molecule has 0 spiro atoms. The number of carbonyl (C=O) groups is 2. The van der Waals surface area contributed by atoms with E-state index >= 15 is 0 Å². The number of nitrogens with two attached hydrogens (primary N) is 1. The van der Waals surface area contributed by atoms with E-state index in [0.29, 0.717) is 0 Å². The molecule has 1 aliphatic heterocycles. The van der Waals surface area contributed by atoms with E-state index in [2.05, 4.69) is 0 Å². The predicted octanol–water partition coefficient (Wildman–Crippen LogP) is -1.38. The Morgan fingerprint density at radius 1 is 1.85 bits per heavy atom. The van der Waals surface area contributed by atoms with Gasteiger partial charge in [0.05, 0.1) is 0 Å². The van der Waals surface area contributed by atoms with Gasteiger partial charge in [0, 0.05) is 12.6 Å². The average molecular weight is 184 g/mol. The van der Waals surface area contributed by atoms with Crippen LogP contribution in [0.15, 0.2) is 12.2 Å². The van der Waals surface area contributed by atoms with Crippen LogP contribution in [-0.4, -0.2) is 40.5 Å². The highest BCUT2D eigenvalue weighted by Crippen LogP contribution is 2.12. The lowest BCUT2D eigenvalue weighted by molar-refractivity contribution is -0.140. The van der Waals surface area contributed by atoms with Gasteiger partial charge in [-0.1, -0.05) is 0 Å². The molecule has 72 valence electrons. The number of amides is 1. The lowest BCUT2D eigenvalue weighted by atomic mass is 10.2. The summed E-state index contributed by atoms with van der Waals surface area (Å²) in [5, 5.41) is 9.32. The van der Waals surface area contributed by atoms with Gasteiger partial charge in [0.15, 0.2) is 5.78 Å². The van der Waals surface area contributed by atoms with E-state index in [0.717, 1.165) is 4.90 Å². The van der Waals surface area contributed by atoms with Gasteiger partial charge in [-0.05, 0) is 13.0 Å². The summed E-state index contributed by atoms with van der Waals surface area (Å²) in [7, 11) is 0. The molecule has 2 unspecified atom stereocenters. The van der Waals surface area contributed by atoms with Crippen molar-refractivity contribution in [3.05, 3.63) is 12.2 Å². The minimum absolute atomic E-state index is 0.0276. The Bertz CT molecular complexity index is 262. The number of aliphatic hydroxyl groups excluding tert-OH is 1. The minimum Gasteiger partial charge on any atom is -0.370 e.